The van der Waals surface area contributed by atoms with Crippen molar-refractivity contribution in [2.45, 2.75) is 6.61 Å². The van der Waals surface area contributed by atoms with Crippen LogP contribution in [0.4, 0.5) is 5.69 Å². The molecule has 0 aliphatic rings. The molecule has 0 saturated heterocycles. The Hall–Kier alpha value is -4.63. The Morgan fingerprint density at radius 2 is 1.76 bits per heavy atom. The highest BCUT2D eigenvalue weighted by atomic mass is 16.6. The van der Waals surface area contributed by atoms with Gasteiger partial charge in [-0.05, 0) is 57.8 Å². The summed E-state index contributed by atoms with van der Waals surface area (Å²) in [4.78, 5) is 10.4. The average Bonchev–Trinajstić information content (AvgIpc) is 2.86. The molecule has 0 saturated carbocycles. The third kappa shape index (κ3) is 4.83. The molecule has 0 N–H and O–H groups in total. The lowest BCUT2D eigenvalue weighted by Crippen LogP contribution is -1.99. The maximum atomic E-state index is 10.9. The molecule has 0 fully saturated rings. The number of hydrogen-bond donors (Lipinski definition) is 0. The van der Waals surface area contributed by atoms with E-state index in [9.17, 15) is 15.4 Å². The summed E-state index contributed by atoms with van der Waals surface area (Å²) in [6, 6.07) is 27.7. The van der Waals surface area contributed by atoms with Crippen LogP contribution in [0.25, 0.3) is 22.4 Å². The number of non-ortho nitro benzene ring substituents is 1. The van der Waals surface area contributed by atoms with Crippen LogP contribution in [-0.2, 0) is 6.61 Å². The van der Waals surface area contributed by atoms with Gasteiger partial charge in [0.2, 0.25) is 0 Å². The van der Waals surface area contributed by atoms with E-state index in [0.717, 1.165) is 21.9 Å². The van der Waals surface area contributed by atoms with E-state index in [4.69, 9.17) is 9.47 Å². The van der Waals surface area contributed by atoms with Crippen molar-refractivity contribution in [3.63, 3.8) is 0 Å². The Morgan fingerprint density at radius 1 is 1.00 bits per heavy atom. The van der Waals surface area contributed by atoms with Crippen LogP contribution in [0, 0.1) is 21.4 Å². The minimum absolute atomic E-state index is 0.0228. The summed E-state index contributed by atoms with van der Waals surface area (Å²) < 4.78 is 11.6. The number of ether oxygens (including phenoxy) is 2. The van der Waals surface area contributed by atoms with Crippen LogP contribution in [-0.4, -0.2) is 12.0 Å². The zero-order chi connectivity index (χ0) is 23.2. The number of fused-ring (bicyclic) bond motifs is 1. The molecule has 33 heavy (non-hydrogen) atoms. The molecular weight excluding hydrogens is 416 g/mol. The minimum Gasteiger partial charge on any atom is -0.493 e. The lowest BCUT2D eigenvalue weighted by molar-refractivity contribution is -0.384. The number of nitro groups is 1. The Bertz CT molecular complexity index is 1380. The van der Waals surface area contributed by atoms with Gasteiger partial charge in [-0.15, -0.1) is 0 Å². The van der Waals surface area contributed by atoms with Crippen LogP contribution in [0.3, 0.4) is 0 Å². The maximum Gasteiger partial charge on any atom is 0.269 e. The molecule has 4 aromatic carbocycles. The fourth-order valence-corrected chi connectivity index (χ4v) is 3.58. The number of nitriles is 1. The molecular formula is C27H20N2O4. The maximum absolute atomic E-state index is 10.9. The number of rotatable bonds is 7. The molecule has 6 heteroatoms. The summed E-state index contributed by atoms with van der Waals surface area (Å²) in [6.45, 7) is 0.388. The SMILES string of the molecule is COc1cc(/C=C(/C#N)c2ccc([N+](=O)[O-])cc2)ccc1OCc1cccc2ccccc12. The third-order valence-electron chi connectivity index (χ3n) is 5.27. The van der Waals surface area contributed by atoms with Gasteiger partial charge in [-0.1, -0.05) is 48.5 Å². The first kappa shape index (κ1) is 21.6. The van der Waals surface area contributed by atoms with Gasteiger partial charge < -0.3 is 9.47 Å². The number of nitrogens with zero attached hydrogens (tertiary/aromatic N) is 2. The fraction of sp³-hybridized carbons (Fsp3) is 0.0741. The van der Waals surface area contributed by atoms with Crippen LogP contribution in [0.5, 0.6) is 11.5 Å². The normalized spacial score (nSPS) is 11.1. The van der Waals surface area contributed by atoms with Gasteiger partial charge in [0.1, 0.15) is 6.61 Å². The highest BCUT2D eigenvalue weighted by Crippen LogP contribution is 2.31. The first-order valence-electron chi connectivity index (χ1n) is 10.2. The molecule has 0 aromatic heterocycles. The Kier molecular flexibility index (Phi) is 6.33. The minimum atomic E-state index is -0.471. The van der Waals surface area contributed by atoms with E-state index in [2.05, 4.69) is 24.3 Å². The van der Waals surface area contributed by atoms with Crippen LogP contribution < -0.4 is 9.47 Å². The standard InChI is InChI=1S/C27H20N2O4/c1-32-27-16-19(15-23(17-28)20-10-12-24(13-11-20)29(30)31)9-14-26(27)33-18-22-7-4-6-21-5-2-3-8-25(21)22/h2-16H,18H2,1H3/b23-15-. The summed E-state index contributed by atoms with van der Waals surface area (Å²) in [7, 11) is 1.56. The van der Waals surface area contributed by atoms with E-state index in [-0.39, 0.29) is 5.69 Å². The van der Waals surface area contributed by atoms with Crippen LogP contribution in [0.15, 0.2) is 84.9 Å². The second kappa shape index (κ2) is 9.67. The number of allylic oxidation sites excluding steroid dienone is 1. The van der Waals surface area contributed by atoms with Gasteiger partial charge in [0.15, 0.2) is 11.5 Å². The molecule has 0 amide bonds. The highest BCUT2D eigenvalue weighted by Gasteiger charge is 2.10. The Labute approximate surface area is 191 Å². The average molecular weight is 436 g/mol. The molecule has 0 unspecified atom stereocenters. The van der Waals surface area contributed by atoms with Crippen molar-refractivity contribution in [1.82, 2.24) is 0 Å². The molecule has 0 aliphatic heterocycles. The Balaban J connectivity index is 1.57. The van der Waals surface area contributed by atoms with Crippen molar-refractivity contribution in [2.24, 2.45) is 0 Å². The smallest absolute Gasteiger partial charge is 0.269 e. The molecule has 0 bridgehead atoms. The van der Waals surface area contributed by atoms with Gasteiger partial charge in [-0.3, -0.25) is 10.1 Å². The van der Waals surface area contributed by atoms with E-state index in [1.165, 1.54) is 12.1 Å². The van der Waals surface area contributed by atoms with Crippen molar-refractivity contribution in [2.75, 3.05) is 7.11 Å². The molecule has 0 heterocycles. The van der Waals surface area contributed by atoms with Gasteiger partial charge in [-0.25, -0.2) is 0 Å². The predicted molar refractivity (Wildman–Crippen MR) is 128 cm³/mol. The molecule has 162 valence electrons. The quantitative estimate of drug-likeness (QED) is 0.145. The molecule has 6 nitrogen and oxygen atoms in total. The van der Waals surface area contributed by atoms with E-state index >= 15 is 0 Å². The summed E-state index contributed by atoms with van der Waals surface area (Å²) in [5, 5.41) is 22.7. The van der Waals surface area contributed by atoms with E-state index in [1.54, 1.807) is 37.5 Å². The first-order chi connectivity index (χ1) is 16.1. The van der Waals surface area contributed by atoms with Gasteiger partial charge in [0.05, 0.1) is 23.7 Å². The van der Waals surface area contributed by atoms with Gasteiger partial charge >= 0.3 is 0 Å². The van der Waals surface area contributed by atoms with Gasteiger partial charge in [0.25, 0.3) is 5.69 Å². The highest BCUT2D eigenvalue weighted by molar-refractivity contribution is 5.90. The molecule has 0 radical (unpaired) electrons. The van der Waals surface area contributed by atoms with Crippen LogP contribution >= 0.6 is 0 Å². The van der Waals surface area contributed by atoms with Crippen molar-refractivity contribution in [1.29, 1.82) is 5.26 Å². The summed E-state index contributed by atoms with van der Waals surface area (Å²) in [6.07, 6.45) is 1.71. The number of benzene rings is 4. The lowest BCUT2D eigenvalue weighted by atomic mass is 10.0. The van der Waals surface area contributed by atoms with Crippen molar-refractivity contribution >= 4 is 28.1 Å². The van der Waals surface area contributed by atoms with Crippen LogP contribution in [0.2, 0.25) is 0 Å². The van der Waals surface area contributed by atoms with E-state index in [1.807, 2.05) is 30.3 Å². The topological polar surface area (TPSA) is 85.4 Å². The summed E-state index contributed by atoms with van der Waals surface area (Å²) in [5.41, 5.74) is 2.78. The molecule has 4 aromatic rings. The zero-order valence-corrected chi connectivity index (χ0v) is 17.9. The van der Waals surface area contributed by atoms with E-state index < -0.39 is 4.92 Å². The Morgan fingerprint density at radius 3 is 2.48 bits per heavy atom. The van der Waals surface area contributed by atoms with E-state index in [0.29, 0.717) is 29.2 Å². The second-order valence-electron chi connectivity index (χ2n) is 7.31. The number of hydrogen-bond acceptors (Lipinski definition) is 5. The fourth-order valence-electron chi connectivity index (χ4n) is 3.58. The predicted octanol–water partition coefficient (Wildman–Crippen LogP) is 6.40. The second-order valence-corrected chi connectivity index (χ2v) is 7.31. The summed E-state index contributed by atoms with van der Waals surface area (Å²) >= 11 is 0. The molecule has 0 spiro atoms. The van der Waals surface area contributed by atoms with Crippen molar-refractivity contribution in [3.8, 4) is 17.6 Å². The molecule has 0 atom stereocenters. The summed E-state index contributed by atoms with van der Waals surface area (Å²) in [5.74, 6) is 1.14. The first-order valence-corrected chi connectivity index (χ1v) is 10.2. The van der Waals surface area contributed by atoms with Crippen LogP contribution in [0.1, 0.15) is 16.7 Å². The van der Waals surface area contributed by atoms with Crippen molar-refractivity contribution in [3.05, 3.63) is 112 Å². The lowest BCUT2D eigenvalue weighted by Gasteiger charge is -2.13. The van der Waals surface area contributed by atoms with Gasteiger partial charge in [-0.2, -0.15) is 5.26 Å². The monoisotopic (exact) mass is 436 g/mol. The van der Waals surface area contributed by atoms with Crippen molar-refractivity contribution < 1.29 is 14.4 Å². The molecule has 0 aliphatic carbocycles. The number of nitro benzene ring substituents is 1. The van der Waals surface area contributed by atoms with Gasteiger partial charge in [0, 0.05) is 12.1 Å². The zero-order valence-electron chi connectivity index (χ0n) is 17.9. The number of methoxy groups -OCH3 is 1. The molecule has 4 rings (SSSR count). The third-order valence-corrected chi connectivity index (χ3v) is 5.27. The largest absolute Gasteiger partial charge is 0.493 e.